The SMILES string of the molecule is CCC(C(N)=O)(c1ccccc1)N1CCN(c2ccc(-c3nc(C)no3)cc2F)CC1. The van der Waals surface area contributed by atoms with Gasteiger partial charge in [-0.05, 0) is 37.1 Å². The largest absolute Gasteiger partial charge is 0.368 e. The van der Waals surface area contributed by atoms with E-state index < -0.39 is 5.54 Å². The number of anilines is 1. The quantitative estimate of drug-likeness (QED) is 0.655. The van der Waals surface area contributed by atoms with Crippen LogP contribution < -0.4 is 10.6 Å². The molecule has 4 rings (SSSR count). The molecule has 2 aromatic carbocycles. The molecule has 8 heteroatoms. The summed E-state index contributed by atoms with van der Waals surface area (Å²) in [6.45, 7) is 6.04. The Bertz CT molecular complexity index is 1060. The number of halogens is 1. The van der Waals surface area contributed by atoms with E-state index in [9.17, 15) is 9.18 Å². The first-order chi connectivity index (χ1) is 15.0. The maximum atomic E-state index is 14.9. The zero-order valence-electron chi connectivity index (χ0n) is 17.7. The zero-order chi connectivity index (χ0) is 22.0. The second kappa shape index (κ2) is 8.47. The number of primary amides is 1. The highest BCUT2D eigenvalue weighted by Crippen LogP contribution is 2.34. The molecular weight excluding hydrogens is 397 g/mol. The molecule has 0 radical (unpaired) electrons. The predicted molar refractivity (Wildman–Crippen MR) is 116 cm³/mol. The lowest BCUT2D eigenvalue weighted by Gasteiger charge is -2.46. The van der Waals surface area contributed by atoms with Gasteiger partial charge in [-0.25, -0.2) is 4.39 Å². The Morgan fingerprint density at radius 3 is 2.42 bits per heavy atom. The monoisotopic (exact) mass is 423 g/mol. The predicted octanol–water partition coefficient (Wildman–Crippen LogP) is 3.10. The first-order valence-corrected chi connectivity index (χ1v) is 10.4. The normalized spacial score (nSPS) is 16.8. The van der Waals surface area contributed by atoms with Crippen LogP contribution in [0.15, 0.2) is 53.1 Å². The number of piperazine rings is 1. The molecule has 1 saturated heterocycles. The van der Waals surface area contributed by atoms with Crippen LogP contribution in [0.4, 0.5) is 10.1 Å². The Balaban J connectivity index is 1.53. The summed E-state index contributed by atoms with van der Waals surface area (Å²) in [7, 11) is 0. The first kappa shape index (κ1) is 21.0. The van der Waals surface area contributed by atoms with Crippen molar-refractivity contribution in [2.45, 2.75) is 25.8 Å². The van der Waals surface area contributed by atoms with Crippen LogP contribution in [0.5, 0.6) is 0 Å². The van der Waals surface area contributed by atoms with Crippen molar-refractivity contribution in [1.82, 2.24) is 15.0 Å². The van der Waals surface area contributed by atoms with Gasteiger partial charge in [0.25, 0.3) is 5.89 Å². The highest BCUT2D eigenvalue weighted by atomic mass is 19.1. The second-order valence-electron chi connectivity index (χ2n) is 7.73. The van der Waals surface area contributed by atoms with E-state index in [0.29, 0.717) is 55.6 Å². The molecule has 0 aliphatic carbocycles. The van der Waals surface area contributed by atoms with Crippen LogP contribution >= 0.6 is 0 Å². The van der Waals surface area contributed by atoms with Gasteiger partial charge in [0, 0.05) is 31.7 Å². The Hall–Kier alpha value is -3.26. The highest BCUT2D eigenvalue weighted by Gasteiger charge is 2.43. The Morgan fingerprint density at radius 2 is 1.87 bits per heavy atom. The van der Waals surface area contributed by atoms with E-state index in [1.54, 1.807) is 19.1 Å². The van der Waals surface area contributed by atoms with Gasteiger partial charge in [0.1, 0.15) is 11.4 Å². The van der Waals surface area contributed by atoms with E-state index >= 15 is 0 Å². The fourth-order valence-corrected chi connectivity index (χ4v) is 4.44. The maximum Gasteiger partial charge on any atom is 0.258 e. The Kier molecular flexibility index (Phi) is 5.73. The van der Waals surface area contributed by atoms with Gasteiger partial charge in [-0.1, -0.05) is 42.4 Å². The summed E-state index contributed by atoms with van der Waals surface area (Å²) in [4.78, 5) is 20.9. The molecule has 31 heavy (non-hydrogen) atoms. The van der Waals surface area contributed by atoms with E-state index in [-0.39, 0.29) is 11.7 Å². The molecule has 0 saturated carbocycles. The summed E-state index contributed by atoms with van der Waals surface area (Å²) < 4.78 is 20.0. The topological polar surface area (TPSA) is 88.5 Å². The number of aromatic nitrogens is 2. The van der Waals surface area contributed by atoms with E-state index in [0.717, 1.165) is 5.56 Å². The molecule has 1 aliphatic heterocycles. The van der Waals surface area contributed by atoms with Gasteiger partial charge in [0.2, 0.25) is 5.91 Å². The average Bonchev–Trinajstić information content (AvgIpc) is 3.22. The Morgan fingerprint density at radius 1 is 1.16 bits per heavy atom. The molecule has 3 aromatic rings. The lowest BCUT2D eigenvalue weighted by molar-refractivity contribution is -0.131. The van der Waals surface area contributed by atoms with Crippen LogP contribution in [0.2, 0.25) is 0 Å². The number of nitrogens with two attached hydrogens (primary N) is 1. The fraction of sp³-hybridized carbons (Fsp3) is 0.348. The zero-order valence-corrected chi connectivity index (χ0v) is 17.7. The highest BCUT2D eigenvalue weighted by molar-refractivity contribution is 5.86. The smallest absolute Gasteiger partial charge is 0.258 e. The molecule has 2 heterocycles. The van der Waals surface area contributed by atoms with Gasteiger partial charge < -0.3 is 15.2 Å². The van der Waals surface area contributed by atoms with Gasteiger partial charge in [-0.3, -0.25) is 9.69 Å². The molecule has 1 fully saturated rings. The lowest BCUT2D eigenvalue weighted by atomic mass is 9.84. The standard InChI is InChI=1S/C23H26FN5O2/c1-3-23(22(25)30,18-7-5-4-6-8-18)29-13-11-28(12-14-29)20-10-9-17(15-19(20)24)21-26-16(2)27-31-21/h4-10,15H,3,11-14H2,1-2H3,(H2,25,30). The van der Waals surface area contributed by atoms with Crippen LogP contribution in [0.3, 0.4) is 0 Å². The maximum absolute atomic E-state index is 14.9. The number of rotatable bonds is 6. The number of carbonyl (C=O) groups is 1. The van der Waals surface area contributed by atoms with Crippen molar-refractivity contribution >= 4 is 11.6 Å². The lowest BCUT2D eigenvalue weighted by Crippen LogP contribution is -2.60. The van der Waals surface area contributed by atoms with Crippen LogP contribution in [-0.2, 0) is 10.3 Å². The van der Waals surface area contributed by atoms with E-state index in [4.69, 9.17) is 10.3 Å². The molecule has 0 spiro atoms. The number of benzene rings is 2. The number of nitrogens with zero attached hydrogens (tertiary/aromatic N) is 4. The molecule has 1 amide bonds. The van der Waals surface area contributed by atoms with Crippen molar-refractivity contribution in [2.24, 2.45) is 5.73 Å². The molecule has 2 N–H and O–H groups in total. The van der Waals surface area contributed by atoms with Crippen molar-refractivity contribution in [3.8, 4) is 11.5 Å². The van der Waals surface area contributed by atoms with E-state index in [2.05, 4.69) is 15.0 Å². The van der Waals surface area contributed by atoms with Crippen molar-refractivity contribution in [3.63, 3.8) is 0 Å². The van der Waals surface area contributed by atoms with Crippen LogP contribution in [-0.4, -0.2) is 47.1 Å². The van der Waals surface area contributed by atoms with Gasteiger partial charge in [-0.15, -0.1) is 0 Å². The van der Waals surface area contributed by atoms with Gasteiger partial charge >= 0.3 is 0 Å². The van der Waals surface area contributed by atoms with Crippen molar-refractivity contribution in [3.05, 3.63) is 65.7 Å². The average molecular weight is 423 g/mol. The van der Waals surface area contributed by atoms with Crippen LogP contribution in [0.25, 0.3) is 11.5 Å². The minimum Gasteiger partial charge on any atom is -0.368 e. The molecule has 0 bridgehead atoms. The molecule has 1 unspecified atom stereocenters. The van der Waals surface area contributed by atoms with E-state index in [1.165, 1.54) is 6.07 Å². The van der Waals surface area contributed by atoms with Crippen molar-refractivity contribution in [2.75, 3.05) is 31.1 Å². The summed E-state index contributed by atoms with van der Waals surface area (Å²) in [5, 5.41) is 3.75. The third kappa shape index (κ3) is 3.79. The van der Waals surface area contributed by atoms with Crippen molar-refractivity contribution in [1.29, 1.82) is 0 Å². The molecule has 1 atom stereocenters. The molecule has 7 nitrogen and oxygen atoms in total. The summed E-state index contributed by atoms with van der Waals surface area (Å²) in [5.41, 5.74) is 7.00. The third-order valence-corrected chi connectivity index (χ3v) is 6.05. The summed E-state index contributed by atoms with van der Waals surface area (Å²) in [6, 6.07) is 14.6. The number of aryl methyl sites for hydroxylation is 1. The third-order valence-electron chi connectivity index (χ3n) is 6.05. The number of amides is 1. The molecular formula is C23H26FN5O2. The molecule has 162 valence electrons. The van der Waals surface area contributed by atoms with Crippen molar-refractivity contribution < 1.29 is 13.7 Å². The first-order valence-electron chi connectivity index (χ1n) is 10.4. The minimum atomic E-state index is -0.869. The van der Waals surface area contributed by atoms with Crippen LogP contribution in [0.1, 0.15) is 24.7 Å². The number of hydrogen-bond acceptors (Lipinski definition) is 6. The summed E-state index contributed by atoms with van der Waals surface area (Å²) in [5.74, 6) is 0.0919. The van der Waals surface area contributed by atoms with Gasteiger partial charge in [0.15, 0.2) is 5.82 Å². The second-order valence-corrected chi connectivity index (χ2v) is 7.73. The van der Waals surface area contributed by atoms with Crippen LogP contribution in [0, 0.1) is 12.7 Å². The number of hydrogen-bond donors (Lipinski definition) is 1. The fourth-order valence-electron chi connectivity index (χ4n) is 4.44. The van der Waals surface area contributed by atoms with E-state index in [1.807, 2.05) is 42.2 Å². The van der Waals surface area contributed by atoms with Gasteiger partial charge in [0.05, 0.1) is 5.69 Å². The van der Waals surface area contributed by atoms with Gasteiger partial charge in [-0.2, -0.15) is 4.98 Å². The molecule has 1 aliphatic rings. The summed E-state index contributed by atoms with van der Waals surface area (Å²) >= 11 is 0. The molecule has 1 aromatic heterocycles. The Labute approximate surface area is 180 Å². The number of carbonyl (C=O) groups excluding carboxylic acids is 1. The minimum absolute atomic E-state index is 0.296. The summed E-state index contributed by atoms with van der Waals surface area (Å²) in [6.07, 6.45) is 0.568.